The molecule has 1 atom stereocenters. The van der Waals surface area contributed by atoms with Gasteiger partial charge in [-0.1, -0.05) is 23.7 Å². The molecule has 1 aliphatic rings. The van der Waals surface area contributed by atoms with Gasteiger partial charge in [-0.3, -0.25) is 4.79 Å². The summed E-state index contributed by atoms with van der Waals surface area (Å²) in [6.07, 6.45) is 9.15. The zero-order valence-corrected chi connectivity index (χ0v) is 20.0. The number of aryl methyl sites for hydroxylation is 1. The van der Waals surface area contributed by atoms with Crippen LogP contribution >= 0.6 is 11.6 Å². The highest BCUT2D eigenvalue weighted by Crippen LogP contribution is 2.37. The third-order valence-corrected chi connectivity index (χ3v) is 6.41. The number of allylic oxidation sites excluding steroid dienone is 1. The van der Waals surface area contributed by atoms with Crippen LogP contribution in [0.15, 0.2) is 42.7 Å². The molecule has 2 heterocycles. The second-order valence-electron chi connectivity index (χ2n) is 8.31. The number of halogens is 1. The SMILES string of the molecule is COCCOC1CC=C(c2cc(C)c(-c3ccn4ncc(CC(=O)OC)c4c3)c(Cl)c2)CC1. The molecule has 0 saturated carbocycles. The van der Waals surface area contributed by atoms with E-state index in [9.17, 15) is 4.79 Å². The number of carbonyl (C=O) groups excluding carboxylic acids is 1. The molecule has 0 radical (unpaired) electrons. The molecule has 0 spiro atoms. The smallest absolute Gasteiger partial charge is 0.310 e. The van der Waals surface area contributed by atoms with Gasteiger partial charge in [0.25, 0.3) is 0 Å². The summed E-state index contributed by atoms with van der Waals surface area (Å²) in [7, 11) is 3.08. The van der Waals surface area contributed by atoms with E-state index >= 15 is 0 Å². The molecule has 0 aliphatic heterocycles. The molecule has 2 aromatic heterocycles. The van der Waals surface area contributed by atoms with Crippen molar-refractivity contribution in [3.05, 3.63) is 64.4 Å². The highest BCUT2D eigenvalue weighted by Gasteiger charge is 2.18. The Bertz CT molecular complexity index is 1160. The first-order valence-electron chi connectivity index (χ1n) is 11.1. The van der Waals surface area contributed by atoms with Crippen molar-refractivity contribution in [3.8, 4) is 11.1 Å². The van der Waals surface area contributed by atoms with Crippen LogP contribution in [0, 0.1) is 6.92 Å². The molecule has 1 aliphatic carbocycles. The van der Waals surface area contributed by atoms with E-state index in [2.05, 4.69) is 30.2 Å². The third kappa shape index (κ3) is 5.29. The lowest BCUT2D eigenvalue weighted by Gasteiger charge is -2.23. The molecule has 174 valence electrons. The number of rotatable bonds is 8. The molecule has 0 saturated heterocycles. The molecular formula is C26H29ClN2O4. The van der Waals surface area contributed by atoms with Crippen molar-refractivity contribution in [2.75, 3.05) is 27.4 Å². The summed E-state index contributed by atoms with van der Waals surface area (Å²) in [5.41, 5.74) is 7.25. The second-order valence-corrected chi connectivity index (χ2v) is 8.71. The molecule has 0 fully saturated rings. The fourth-order valence-electron chi connectivity index (χ4n) is 4.37. The van der Waals surface area contributed by atoms with Gasteiger partial charge in [0.2, 0.25) is 0 Å². The Morgan fingerprint density at radius 3 is 2.76 bits per heavy atom. The molecule has 0 N–H and O–H groups in total. The second kappa shape index (κ2) is 10.5. The molecule has 6 nitrogen and oxygen atoms in total. The summed E-state index contributed by atoms with van der Waals surface area (Å²) in [5, 5.41) is 5.05. The predicted molar refractivity (Wildman–Crippen MR) is 130 cm³/mol. The van der Waals surface area contributed by atoms with E-state index in [1.54, 1.807) is 17.8 Å². The Labute approximate surface area is 199 Å². The van der Waals surface area contributed by atoms with Crippen molar-refractivity contribution < 1.29 is 19.0 Å². The molecule has 1 aromatic carbocycles. The number of methoxy groups -OCH3 is 2. The summed E-state index contributed by atoms with van der Waals surface area (Å²) in [4.78, 5) is 11.8. The summed E-state index contributed by atoms with van der Waals surface area (Å²) in [6.45, 7) is 3.34. The highest BCUT2D eigenvalue weighted by molar-refractivity contribution is 6.33. The maximum absolute atomic E-state index is 11.8. The van der Waals surface area contributed by atoms with Crippen LogP contribution in [0.25, 0.3) is 22.2 Å². The lowest BCUT2D eigenvalue weighted by Crippen LogP contribution is -2.18. The van der Waals surface area contributed by atoms with Crippen LogP contribution in [0.5, 0.6) is 0 Å². The first kappa shape index (κ1) is 23.5. The van der Waals surface area contributed by atoms with Gasteiger partial charge in [0.1, 0.15) is 0 Å². The molecule has 33 heavy (non-hydrogen) atoms. The number of hydrogen-bond donors (Lipinski definition) is 0. The average Bonchev–Trinajstić information content (AvgIpc) is 3.21. The Morgan fingerprint density at radius 2 is 2.06 bits per heavy atom. The van der Waals surface area contributed by atoms with Crippen LogP contribution < -0.4 is 0 Å². The van der Waals surface area contributed by atoms with E-state index in [4.69, 9.17) is 25.8 Å². The van der Waals surface area contributed by atoms with E-state index in [0.717, 1.165) is 52.6 Å². The summed E-state index contributed by atoms with van der Waals surface area (Å²) in [5.74, 6) is -0.291. The number of aromatic nitrogens is 2. The minimum absolute atomic E-state index is 0.180. The summed E-state index contributed by atoms with van der Waals surface area (Å²) >= 11 is 6.81. The van der Waals surface area contributed by atoms with Crippen molar-refractivity contribution in [1.82, 2.24) is 9.61 Å². The molecule has 1 unspecified atom stereocenters. The van der Waals surface area contributed by atoms with Crippen LogP contribution in [-0.2, 0) is 25.4 Å². The molecule has 0 bridgehead atoms. The first-order valence-corrected chi connectivity index (χ1v) is 11.5. The normalized spacial score (nSPS) is 16.1. The fraction of sp³-hybridized carbons (Fsp3) is 0.385. The van der Waals surface area contributed by atoms with Crippen LogP contribution in [-0.4, -0.2) is 49.1 Å². The Balaban J connectivity index is 1.58. The number of carbonyl (C=O) groups is 1. The zero-order valence-electron chi connectivity index (χ0n) is 19.3. The van der Waals surface area contributed by atoms with Crippen LogP contribution in [0.4, 0.5) is 0 Å². The first-order chi connectivity index (χ1) is 16.0. The lowest BCUT2D eigenvalue weighted by atomic mass is 9.89. The van der Waals surface area contributed by atoms with Crippen molar-refractivity contribution in [3.63, 3.8) is 0 Å². The van der Waals surface area contributed by atoms with Crippen molar-refractivity contribution in [2.45, 2.75) is 38.7 Å². The Morgan fingerprint density at radius 1 is 1.21 bits per heavy atom. The minimum Gasteiger partial charge on any atom is -0.469 e. The van der Waals surface area contributed by atoms with Crippen molar-refractivity contribution in [1.29, 1.82) is 0 Å². The van der Waals surface area contributed by atoms with E-state index in [-0.39, 0.29) is 18.5 Å². The van der Waals surface area contributed by atoms with Crippen LogP contribution in [0.3, 0.4) is 0 Å². The Hall–Kier alpha value is -2.67. The lowest BCUT2D eigenvalue weighted by molar-refractivity contribution is -0.139. The van der Waals surface area contributed by atoms with E-state index in [0.29, 0.717) is 18.2 Å². The molecule has 0 amide bonds. The van der Waals surface area contributed by atoms with E-state index in [1.807, 2.05) is 18.3 Å². The zero-order chi connectivity index (χ0) is 23.4. The highest BCUT2D eigenvalue weighted by atomic mass is 35.5. The number of pyridine rings is 1. The topological polar surface area (TPSA) is 62.1 Å². The minimum atomic E-state index is -0.291. The molecular weight excluding hydrogens is 440 g/mol. The number of benzene rings is 1. The van der Waals surface area contributed by atoms with E-state index < -0.39 is 0 Å². The van der Waals surface area contributed by atoms with Gasteiger partial charge in [0.05, 0.1) is 44.6 Å². The van der Waals surface area contributed by atoms with Gasteiger partial charge in [0.15, 0.2) is 0 Å². The van der Waals surface area contributed by atoms with Crippen molar-refractivity contribution >= 4 is 28.7 Å². The largest absolute Gasteiger partial charge is 0.469 e. The monoisotopic (exact) mass is 468 g/mol. The van der Waals surface area contributed by atoms with Crippen LogP contribution in [0.2, 0.25) is 5.02 Å². The fourth-order valence-corrected chi connectivity index (χ4v) is 4.74. The predicted octanol–water partition coefficient (Wildman–Crippen LogP) is 5.28. The van der Waals surface area contributed by atoms with Gasteiger partial charge in [-0.2, -0.15) is 5.10 Å². The van der Waals surface area contributed by atoms with Gasteiger partial charge in [0, 0.05) is 29.5 Å². The number of hydrogen-bond acceptors (Lipinski definition) is 5. The van der Waals surface area contributed by atoms with Gasteiger partial charge in [-0.25, -0.2) is 4.52 Å². The van der Waals surface area contributed by atoms with Gasteiger partial charge in [-0.15, -0.1) is 0 Å². The number of fused-ring (bicyclic) bond motifs is 1. The standard InChI is InChI=1S/C26H29ClN2O4/c1-17-12-20(18-4-6-22(7-5-18)33-11-10-31-2)13-23(27)26(17)19-8-9-29-24(14-19)21(16-28-29)15-25(30)32-3/h4,8-9,12-14,16,22H,5-7,10-11,15H2,1-3H3. The quantitative estimate of drug-likeness (QED) is 0.332. The number of esters is 1. The third-order valence-electron chi connectivity index (χ3n) is 6.11. The average molecular weight is 469 g/mol. The molecule has 7 heteroatoms. The van der Waals surface area contributed by atoms with Gasteiger partial charge >= 0.3 is 5.97 Å². The summed E-state index contributed by atoms with van der Waals surface area (Å²) < 4.78 is 17.5. The van der Waals surface area contributed by atoms with Gasteiger partial charge < -0.3 is 14.2 Å². The van der Waals surface area contributed by atoms with Crippen LogP contribution in [0.1, 0.15) is 36.0 Å². The molecule has 4 rings (SSSR count). The van der Waals surface area contributed by atoms with Gasteiger partial charge in [-0.05, 0) is 66.6 Å². The van der Waals surface area contributed by atoms with Crippen molar-refractivity contribution in [2.24, 2.45) is 0 Å². The number of nitrogens with zero attached hydrogens (tertiary/aromatic N) is 2. The van der Waals surface area contributed by atoms with E-state index in [1.165, 1.54) is 12.7 Å². The molecule has 3 aromatic rings. The Kier molecular flexibility index (Phi) is 7.48. The summed E-state index contributed by atoms with van der Waals surface area (Å²) in [6, 6.07) is 8.28. The number of ether oxygens (including phenoxy) is 3. The maximum Gasteiger partial charge on any atom is 0.310 e. The maximum atomic E-state index is 11.8.